The van der Waals surface area contributed by atoms with E-state index in [1.807, 2.05) is 0 Å². The molecule has 19 heavy (non-hydrogen) atoms. The van der Waals surface area contributed by atoms with Crippen LogP contribution in [0.2, 0.25) is 5.02 Å². The Morgan fingerprint density at radius 2 is 2.26 bits per heavy atom. The Balaban J connectivity index is 2.09. The molecule has 0 radical (unpaired) electrons. The first-order chi connectivity index (χ1) is 8.89. The molecule has 106 valence electrons. The lowest BCUT2D eigenvalue weighted by atomic mass is 9.82. The zero-order valence-electron chi connectivity index (χ0n) is 11.3. The highest BCUT2D eigenvalue weighted by molar-refractivity contribution is 6.30. The number of benzene rings is 1. The molecule has 0 aliphatic carbocycles. The summed E-state index contributed by atoms with van der Waals surface area (Å²) in [6.07, 6.45) is 1.68. The summed E-state index contributed by atoms with van der Waals surface area (Å²) in [6, 6.07) is 4.71. The first-order valence-corrected chi connectivity index (χ1v) is 7.05. The van der Waals surface area contributed by atoms with E-state index in [0.29, 0.717) is 31.8 Å². The van der Waals surface area contributed by atoms with Gasteiger partial charge in [0.1, 0.15) is 5.82 Å². The van der Waals surface area contributed by atoms with Gasteiger partial charge in [0.15, 0.2) is 0 Å². The van der Waals surface area contributed by atoms with Gasteiger partial charge in [0.05, 0.1) is 16.7 Å². The Labute approximate surface area is 118 Å². The minimum absolute atomic E-state index is 0.0656. The fourth-order valence-corrected chi connectivity index (χ4v) is 2.67. The fraction of sp³-hybridized carbons (Fsp3) is 0.600. The van der Waals surface area contributed by atoms with Gasteiger partial charge in [-0.3, -0.25) is 0 Å². The Bertz CT molecular complexity index is 450. The maximum atomic E-state index is 13.4. The van der Waals surface area contributed by atoms with E-state index in [2.05, 4.69) is 13.8 Å². The van der Waals surface area contributed by atoms with Crippen molar-refractivity contribution in [3.05, 3.63) is 34.6 Å². The van der Waals surface area contributed by atoms with Gasteiger partial charge in [0.2, 0.25) is 0 Å². The van der Waals surface area contributed by atoms with Crippen LogP contribution in [0.5, 0.6) is 0 Å². The van der Waals surface area contributed by atoms with Gasteiger partial charge in [-0.1, -0.05) is 31.5 Å². The second-order valence-electron chi connectivity index (χ2n) is 5.76. The quantitative estimate of drug-likeness (QED) is 0.920. The third kappa shape index (κ3) is 3.68. The van der Waals surface area contributed by atoms with Crippen molar-refractivity contribution in [2.24, 2.45) is 5.92 Å². The van der Waals surface area contributed by atoms with Gasteiger partial charge >= 0.3 is 0 Å². The molecular formula is C15H20ClFO2. The molecule has 1 aliphatic heterocycles. The van der Waals surface area contributed by atoms with Crippen LogP contribution in [0.4, 0.5) is 4.39 Å². The number of halogens is 2. The van der Waals surface area contributed by atoms with Gasteiger partial charge in [-0.15, -0.1) is 0 Å². The van der Waals surface area contributed by atoms with Gasteiger partial charge in [0, 0.05) is 19.4 Å². The van der Waals surface area contributed by atoms with E-state index in [9.17, 15) is 9.50 Å². The monoisotopic (exact) mass is 286 g/mol. The van der Waals surface area contributed by atoms with Crippen LogP contribution >= 0.6 is 11.6 Å². The van der Waals surface area contributed by atoms with Crippen LogP contribution in [0.25, 0.3) is 0 Å². The highest BCUT2D eigenvalue weighted by atomic mass is 35.5. The van der Waals surface area contributed by atoms with Crippen molar-refractivity contribution in [2.45, 2.75) is 44.8 Å². The molecule has 4 heteroatoms. The third-order valence-corrected chi connectivity index (χ3v) is 4.05. The lowest BCUT2D eigenvalue weighted by Gasteiger charge is -2.38. The molecule has 2 atom stereocenters. The molecule has 2 nitrogen and oxygen atoms in total. The van der Waals surface area contributed by atoms with E-state index < -0.39 is 11.4 Å². The molecule has 0 aromatic heterocycles. The second kappa shape index (κ2) is 5.78. The van der Waals surface area contributed by atoms with Gasteiger partial charge in [-0.2, -0.15) is 0 Å². The lowest BCUT2D eigenvalue weighted by Crippen LogP contribution is -2.44. The molecule has 2 rings (SSSR count). The molecule has 0 amide bonds. The minimum Gasteiger partial charge on any atom is -0.389 e. The number of rotatable bonds is 3. The van der Waals surface area contributed by atoms with Crippen LogP contribution in [0, 0.1) is 11.7 Å². The van der Waals surface area contributed by atoms with Crippen molar-refractivity contribution in [1.29, 1.82) is 0 Å². The fourth-order valence-electron chi connectivity index (χ4n) is 2.55. The van der Waals surface area contributed by atoms with E-state index >= 15 is 0 Å². The van der Waals surface area contributed by atoms with Gasteiger partial charge in [-0.05, 0) is 30.0 Å². The van der Waals surface area contributed by atoms with Gasteiger partial charge in [-0.25, -0.2) is 4.39 Å². The number of ether oxygens (including phenoxy) is 1. The normalized spacial score (nSPS) is 27.8. The summed E-state index contributed by atoms with van der Waals surface area (Å²) in [5.41, 5.74) is -0.0400. The highest BCUT2D eigenvalue weighted by Gasteiger charge is 2.36. The Hall–Kier alpha value is -0.640. The van der Waals surface area contributed by atoms with Crippen LogP contribution < -0.4 is 0 Å². The Kier molecular flexibility index (Phi) is 4.49. The molecule has 1 fully saturated rings. The third-order valence-electron chi connectivity index (χ3n) is 3.74. The van der Waals surface area contributed by atoms with E-state index in [-0.39, 0.29) is 11.1 Å². The summed E-state index contributed by atoms with van der Waals surface area (Å²) in [5.74, 6) is -0.0657. The largest absolute Gasteiger partial charge is 0.389 e. The summed E-state index contributed by atoms with van der Waals surface area (Å²) >= 11 is 5.67. The zero-order valence-corrected chi connectivity index (χ0v) is 12.1. The molecule has 1 aromatic carbocycles. The Morgan fingerprint density at radius 3 is 2.89 bits per heavy atom. The van der Waals surface area contributed by atoms with E-state index in [1.54, 1.807) is 6.07 Å². The molecule has 0 bridgehead atoms. The van der Waals surface area contributed by atoms with Crippen LogP contribution in [0.3, 0.4) is 0 Å². The van der Waals surface area contributed by atoms with Crippen LogP contribution in [0.1, 0.15) is 32.3 Å². The van der Waals surface area contributed by atoms with Crippen molar-refractivity contribution < 1.29 is 14.2 Å². The Morgan fingerprint density at radius 1 is 1.53 bits per heavy atom. The number of hydrogen-bond acceptors (Lipinski definition) is 2. The van der Waals surface area contributed by atoms with E-state index in [1.165, 1.54) is 12.1 Å². The molecule has 1 aliphatic rings. The first kappa shape index (κ1) is 14.8. The lowest BCUT2D eigenvalue weighted by molar-refractivity contribution is -0.116. The maximum absolute atomic E-state index is 13.4. The van der Waals surface area contributed by atoms with Crippen molar-refractivity contribution in [1.82, 2.24) is 0 Å². The minimum atomic E-state index is -0.812. The molecule has 1 N–H and O–H groups in total. The average molecular weight is 287 g/mol. The van der Waals surface area contributed by atoms with Crippen LogP contribution in [-0.4, -0.2) is 23.4 Å². The second-order valence-corrected chi connectivity index (χ2v) is 6.16. The summed E-state index contributed by atoms with van der Waals surface area (Å²) < 4.78 is 19.1. The van der Waals surface area contributed by atoms with Crippen molar-refractivity contribution in [2.75, 3.05) is 6.61 Å². The molecule has 2 unspecified atom stereocenters. The predicted octanol–water partition coefficient (Wildman–Crippen LogP) is 3.59. The molecule has 1 aromatic rings. The number of hydrogen-bond donors (Lipinski definition) is 1. The summed E-state index contributed by atoms with van der Waals surface area (Å²) in [5, 5.41) is 10.8. The molecule has 0 spiro atoms. The summed E-state index contributed by atoms with van der Waals surface area (Å²) in [4.78, 5) is 0. The van der Waals surface area contributed by atoms with E-state index in [4.69, 9.17) is 16.3 Å². The van der Waals surface area contributed by atoms with Crippen molar-refractivity contribution in [3.63, 3.8) is 0 Å². The smallest absolute Gasteiger partial charge is 0.142 e. The topological polar surface area (TPSA) is 29.5 Å². The maximum Gasteiger partial charge on any atom is 0.142 e. The first-order valence-electron chi connectivity index (χ1n) is 6.67. The van der Waals surface area contributed by atoms with Crippen molar-refractivity contribution >= 4 is 11.6 Å². The van der Waals surface area contributed by atoms with Crippen LogP contribution in [-0.2, 0) is 11.2 Å². The standard InChI is InChI=1S/C15H20ClFO2/c1-10(2)14-9-15(18,5-6-19-14)8-11-3-4-12(16)13(17)7-11/h3-4,7,10,14,18H,5-6,8-9H2,1-2H3. The molecule has 1 heterocycles. The van der Waals surface area contributed by atoms with E-state index in [0.717, 1.165) is 5.56 Å². The molecular weight excluding hydrogens is 267 g/mol. The van der Waals surface area contributed by atoms with Gasteiger partial charge in [0.25, 0.3) is 0 Å². The van der Waals surface area contributed by atoms with Crippen LogP contribution in [0.15, 0.2) is 18.2 Å². The van der Waals surface area contributed by atoms with Crippen molar-refractivity contribution in [3.8, 4) is 0 Å². The predicted molar refractivity (Wildman–Crippen MR) is 73.9 cm³/mol. The highest BCUT2D eigenvalue weighted by Crippen LogP contribution is 2.32. The molecule has 1 saturated heterocycles. The average Bonchev–Trinajstić information content (AvgIpc) is 2.33. The molecule has 0 saturated carbocycles. The summed E-state index contributed by atoms with van der Waals surface area (Å²) in [6.45, 7) is 4.71. The number of aliphatic hydroxyl groups is 1. The zero-order chi connectivity index (χ0) is 14.0. The van der Waals surface area contributed by atoms with Gasteiger partial charge < -0.3 is 9.84 Å². The summed E-state index contributed by atoms with van der Waals surface area (Å²) in [7, 11) is 0. The SMILES string of the molecule is CC(C)C1CC(O)(Cc2ccc(Cl)c(F)c2)CCO1.